The van der Waals surface area contributed by atoms with E-state index < -0.39 is 17.6 Å². The summed E-state index contributed by atoms with van der Waals surface area (Å²) in [4.78, 5) is 12.0. The minimum Gasteiger partial charge on any atom is -0.487 e. The second kappa shape index (κ2) is 6.00. The van der Waals surface area contributed by atoms with Crippen LogP contribution < -0.4 is 4.74 Å². The molecule has 0 spiro atoms. The Bertz CT molecular complexity index is 617. The van der Waals surface area contributed by atoms with Crippen LogP contribution in [0.15, 0.2) is 24.3 Å². The number of ether oxygens (including phenoxy) is 1. The second-order valence-electron chi connectivity index (χ2n) is 4.05. The van der Waals surface area contributed by atoms with E-state index in [0.717, 1.165) is 28.3 Å². The van der Waals surface area contributed by atoms with Crippen LogP contribution in [0.3, 0.4) is 0 Å². The summed E-state index contributed by atoms with van der Waals surface area (Å²) in [6, 6.07) is 5.11. The highest BCUT2D eigenvalue weighted by molar-refractivity contribution is 7.14. The second-order valence-corrected chi connectivity index (χ2v) is 5.19. The Labute approximate surface area is 118 Å². The molecule has 20 heavy (non-hydrogen) atoms. The predicted octanol–water partition coefficient (Wildman–Crippen LogP) is 3.87. The fourth-order valence-electron chi connectivity index (χ4n) is 1.67. The summed E-state index contributed by atoms with van der Waals surface area (Å²) in [5.74, 6) is -2.40. The molecule has 1 heterocycles. The molecule has 0 radical (unpaired) electrons. The number of hydrogen-bond donors (Lipinski definition) is 1. The molecular weight excluding hydrogens is 286 g/mol. The van der Waals surface area contributed by atoms with E-state index >= 15 is 0 Å². The topological polar surface area (TPSA) is 46.5 Å². The summed E-state index contributed by atoms with van der Waals surface area (Å²) in [7, 11) is 0. The largest absolute Gasteiger partial charge is 0.487 e. The first-order valence-corrected chi connectivity index (χ1v) is 6.76. The highest BCUT2D eigenvalue weighted by atomic mass is 32.1. The first-order chi connectivity index (χ1) is 9.52. The molecule has 0 aliphatic heterocycles. The van der Waals surface area contributed by atoms with E-state index in [9.17, 15) is 13.6 Å². The van der Waals surface area contributed by atoms with Crippen LogP contribution in [-0.2, 0) is 13.0 Å². The fraction of sp³-hybridized carbons (Fsp3) is 0.214. The molecule has 0 saturated heterocycles. The lowest BCUT2D eigenvalue weighted by atomic mass is 10.2. The first-order valence-electron chi connectivity index (χ1n) is 5.94. The number of carbonyl (C=O) groups is 1. The molecule has 0 unspecified atom stereocenters. The number of carboxylic acids is 1. The summed E-state index contributed by atoms with van der Waals surface area (Å²) < 4.78 is 32.2. The summed E-state index contributed by atoms with van der Waals surface area (Å²) in [5.41, 5.74) is -0.215. The Balaban J connectivity index is 2.22. The van der Waals surface area contributed by atoms with Gasteiger partial charge in [-0.3, -0.25) is 0 Å². The van der Waals surface area contributed by atoms with Crippen LogP contribution >= 0.6 is 11.3 Å². The minimum atomic E-state index is -1.11. The number of hydrogen-bond acceptors (Lipinski definition) is 3. The zero-order chi connectivity index (χ0) is 14.7. The molecule has 0 saturated carbocycles. The van der Waals surface area contributed by atoms with Gasteiger partial charge in [0.1, 0.15) is 24.0 Å². The summed E-state index contributed by atoms with van der Waals surface area (Å²) in [6.45, 7) is 1.54. The average molecular weight is 298 g/mol. The maximum absolute atomic E-state index is 13.4. The van der Waals surface area contributed by atoms with Crippen LogP contribution in [-0.4, -0.2) is 11.1 Å². The molecule has 0 aliphatic carbocycles. The van der Waals surface area contributed by atoms with Crippen LogP contribution in [0.1, 0.15) is 27.0 Å². The lowest BCUT2D eigenvalue weighted by molar-refractivity contribution is 0.0697. The molecular formula is C14H12F2O3S. The number of aromatic carboxylic acids is 1. The standard InChI is InChI=1S/C14H12F2O3S/c1-2-8-6-12(13(20-8)14(17)18)19-7-9-10(15)4-3-5-11(9)16/h3-6H,2,7H2,1H3,(H,17,18). The maximum atomic E-state index is 13.4. The van der Waals surface area contributed by atoms with Crippen LogP contribution in [0.5, 0.6) is 5.75 Å². The SMILES string of the molecule is CCc1cc(OCc2c(F)cccc2F)c(C(=O)O)s1. The predicted molar refractivity (Wildman–Crippen MR) is 71.3 cm³/mol. The zero-order valence-corrected chi connectivity index (χ0v) is 11.5. The van der Waals surface area contributed by atoms with E-state index in [1.165, 1.54) is 6.07 Å². The van der Waals surface area contributed by atoms with Gasteiger partial charge in [-0.2, -0.15) is 0 Å². The molecule has 0 aliphatic rings. The van der Waals surface area contributed by atoms with Crippen LogP contribution in [0.25, 0.3) is 0 Å². The van der Waals surface area contributed by atoms with Gasteiger partial charge in [0.15, 0.2) is 4.88 Å². The fourth-order valence-corrected chi connectivity index (χ4v) is 2.55. The normalized spacial score (nSPS) is 10.6. The molecule has 0 amide bonds. The molecule has 1 aromatic heterocycles. The zero-order valence-electron chi connectivity index (χ0n) is 10.7. The van der Waals surface area contributed by atoms with Crippen LogP contribution in [0, 0.1) is 11.6 Å². The van der Waals surface area contributed by atoms with E-state index in [-0.39, 0.29) is 22.8 Å². The average Bonchev–Trinajstić information content (AvgIpc) is 2.82. The molecule has 6 heteroatoms. The van der Waals surface area contributed by atoms with Gasteiger partial charge in [0.25, 0.3) is 0 Å². The molecule has 1 N–H and O–H groups in total. The van der Waals surface area contributed by atoms with Gasteiger partial charge in [-0.05, 0) is 24.6 Å². The monoisotopic (exact) mass is 298 g/mol. The van der Waals surface area contributed by atoms with E-state index in [2.05, 4.69) is 0 Å². The summed E-state index contributed by atoms with van der Waals surface area (Å²) in [6.07, 6.45) is 0.669. The van der Waals surface area contributed by atoms with Crippen molar-refractivity contribution < 1.29 is 23.4 Å². The van der Waals surface area contributed by atoms with Crippen molar-refractivity contribution in [3.8, 4) is 5.75 Å². The van der Waals surface area contributed by atoms with Crippen molar-refractivity contribution in [1.82, 2.24) is 0 Å². The van der Waals surface area contributed by atoms with Crippen molar-refractivity contribution >= 4 is 17.3 Å². The number of rotatable bonds is 5. The molecule has 2 rings (SSSR count). The Morgan fingerprint density at radius 3 is 2.55 bits per heavy atom. The Morgan fingerprint density at radius 2 is 2.00 bits per heavy atom. The Kier molecular flexibility index (Phi) is 4.34. The van der Waals surface area contributed by atoms with E-state index in [1.54, 1.807) is 6.07 Å². The van der Waals surface area contributed by atoms with E-state index in [1.807, 2.05) is 6.92 Å². The van der Waals surface area contributed by atoms with Crippen molar-refractivity contribution in [3.63, 3.8) is 0 Å². The Hall–Kier alpha value is -1.95. The van der Waals surface area contributed by atoms with Gasteiger partial charge in [0.2, 0.25) is 0 Å². The molecule has 3 nitrogen and oxygen atoms in total. The van der Waals surface area contributed by atoms with Gasteiger partial charge in [-0.15, -0.1) is 11.3 Å². The van der Waals surface area contributed by atoms with Gasteiger partial charge < -0.3 is 9.84 Å². The molecule has 1 aromatic carbocycles. The molecule has 0 bridgehead atoms. The highest BCUT2D eigenvalue weighted by Gasteiger charge is 2.17. The lowest BCUT2D eigenvalue weighted by Crippen LogP contribution is -2.03. The third kappa shape index (κ3) is 2.96. The van der Waals surface area contributed by atoms with E-state index in [4.69, 9.17) is 9.84 Å². The third-order valence-corrected chi connectivity index (χ3v) is 3.97. The third-order valence-electron chi connectivity index (χ3n) is 2.73. The maximum Gasteiger partial charge on any atom is 0.349 e. The Morgan fingerprint density at radius 1 is 1.35 bits per heavy atom. The highest BCUT2D eigenvalue weighted by Crippen LogP contribution is 2.30. The number of thiophene rings is 1. The molecule has 106 valence electrons. The molecule has 0 atom stereocenters. The van der Waals surface area contributed by atoms with Gasteiger partial charge >= 0.3 is 5.97 Å². The molecule has 2 aromatic rings. The minimum absolute atomic E-state index is 0.0404. The van der Waals surface area contributed by atoms with Crippen molar-refractivity contribution in [2.75, 3.05) is 0 Å². The van der Waals surface area contributed by atoms with Gasteiger partial charge in [-0.1, -0.05) is 13.0 Å². The van der Waals surface area contributed by atoms with Crippen LogP contribution in [0.2, 0.25) is 0 Å². The summed E-state index contributed by atoms with van der Waals surface area (Å²) in [5, 5.41) is 9.06. The quantitative estimate of drug-likeness (QED) is 0.911. The number of carboxylic acid groups (broad SMARTS) is 1. The van der Waals surface area contributed by atoms with Crippen molar-refractivity contribution in [3.05, 3.63) is 51.2 Å². The van der Waals surface area contributed by atoms with Gasteiger partial charge in [0, 0.05) is 4.88 Å². The lowest BCUT2D eigenvalue weighted by Gasteiger charge is -2.07. The van der Waals surface area contributed by atoms with Crippen LogP contribution in [0.4, 0.5) is 8.78 Å². The first kappa shape index (κ1) is 14.5. The van der Waals surface area contributed by atoms with Crippen molar-refractivity contribution in [2.24, 2.45) is 0 Å². The summed E-state index contributed by atoms with van der Waals surface area (Å²) >= 11 is 1.10. The number of aryl methyl sites for hydroxylation is 1. The molecule has 0 fully saturated rings. The van der Waals surface area contributed by atoms with Crippen molar-refractivity contribution in [2.45, 2.75) is 20.0 Å². The number of halogens is 2. The van der Waals surface area contributed by atoms with Crippen molar-refractivity contribution in [1.29, 1.82) is 0 Å². The number of benzene rings is 1. The van der Waals surface area contributed by atoms with E-state index in [0.29, 0.717) is 6.42 Å². The van der Waals surface area contributed by atoms with Gasteiger partial charge in [0.05, 0.1) is 5.56 Å². The smallest absolute Gasteiger partial charge is 0.349 e. The van der Waals surface area contributed by atoms with Gasteiger partial charge in [-0.25, -0.2) is 13.6 Å².